The van der Waals surface area contributed by atoms with E-state index in [-0.39, 0.29) is 12.4 Å². The van der Waals surface area contributed by atoms with Crippen molar-refractivity contribution < 1.29 is 4.85 Å². The van der Waals surface area contributed by atoms with Crippen LogP contribution >= 0.6 is 12.4 Å². The molecule has 0 bridgehead atoms. The van der Waals surface area contributed by atoms with Crippen LogP contribution in [0.3, 0.4) is 0 Å². The van der Waals surface area contributed by atoms with Gasteiger partial charge in [-0.05, 0) is 0 Å². The lowest BCUT2D eigenvalue weighted by atomic mass is 11.0. The highest BCUT2D eigenvalue weighted by molar-refractivity contribution is 5.85. The highest BCUT2D eigenvalue weighted by Gasteiger charge is 1.75. The van der Waals surface area contributed by atoms with Gasteiger partial charge in [0.15, 0.2) is 12.4 Å². The molecule has 0 aliphatic heterocycles. The molecule has 0 amide bonds. The van der Waals surface area contributed by atoms with Crippen molar-refractivity contribution in [1.82, 2.24) is 10.3 Å². The molecule has 0 unspecified atom stereocenters. The number of halogens is 1. The van der Waals surface area contributed by atoms with Gasteiger partial charge >= 0.3 is 0 Å². The second kappa shape index (κ2) is 2.41. The summed E-state index contributed by atoms with van der Waals surface area (Å²) in [6, 6.07) is 0. The quantitative estimate of drug-likeness (QED) is 0.370. The first-order valence-electron chi connectivity index (χ1n) is 1.49. The SMILES string of the molecule is Cl.[O-][n+]1cc[nH]n1. The number of aromatic amines is 1. The largest absolute Gasteiger partial charge is 0.691 e. The zero-order valence-electron chi connectivity index (χ0n) is 3.37. The molecule has 0 saturated heterocycles. The van der Waals surface area contributed by atoms with E-state index in [9.17, 15) is 5.21 Å². The molecule has 7 heavy (non-hydrogen) atoms. The van der Waals surface area contributed by atoms with Crippen molar-refractivity contribution in [2.45, 2.75) is 0 Å². The van der Waals surface area contributed by atoms with Gasteiger partial charge in [0.25, 0.3) is 0 Å². The minimum Gasteiger partial charge on any atom is -0.691 e. The Morgan fingerprint density at radius 1 is 1.71 bits per heavy atom. The summed E-state index contributed by atoms with van der Waals surface area (Å²) < 4.78 is 0. The van der Waals surface area contributed by atoms with Crippen LogP contribution in [0.1, 0.15) is 0 Å². The van der Waals surface area contributed by atoms with Gasteiger partial charge in [-0.1, -0.05) is 0 Å². The molecule has 0 atom stereocenters. The molecule has 40 valence electrons. The average molecular weight is 122 g/mol. The van der Waals surface area contributed by atoms with Crippen molar-refractivity contribution in [3.05, 3.63) is 17.6 Å². The first-order chi connectivity index (χ1) is 2.89. The second-order valence-electron chi connectivity index (χ2n) is 0.847. The van der Waals surface area contributed by atoms with Crippen LogP contribution in [-0.2, 0) is 0 Å². The number of hydrogen-bond donors (Lipinski definition) is 1. The third kappa shape index (κ3) is 1.41. The summed E-state index contributed by atoms with van der Waals surface area (Å²) in [6.07, 6.45) is 2.73. The lowest BCUT2D eigenvalue weighted by Gasteiger charge is -1.82. The molecule has 0 spiro atoms. The molecule has 0 aliphatic rings. The fraction of sp³-hybridized carbons (Fsp3) is 0. The van der Waals surface area contributed by atoms with Crippen LogP contribution in [0.5, 0.6) is 0 Å². The van der Waals surface area contributed by atoms with Crippen LogP contribution in [0.15, 0.2) is 12.4 Å². The monoisotopic (exact) mass is 121 g/mol. The Labute approximate surface area is 46.1 Å². The Morgan fingerprint density at radius 2 is 2.43 bits per heavy atom. The predicted octanol–water partition coefficient (Wildman–Crippen LogP) is -0.535. The van der Waals surface area contributed by atoms with Crippen LogP contribution in [0.2, 0.25) is 0 Å². The molecule has 0 saturated carbocycles. The standard InChI is InChI=1S/C2H3N3O.ClH/c6-5-2-1-3-4-5;/h1-3H;1H. The smallest absolute Gasteiger partial charge is 0.159 e. The highest BCUT2D eigenvalue weighted by atomic mass is 35.5. The van der Waals surface area contributed by atoms with E-state index in [1.807, 2.05) is 0 Å². The Morgan fingerprint density at radius 3 is 2.57 bits per heavy atom. The van der Waals surface area contributed by atoms with Crippen LogP contribution in [0.4, 0.5) is 0 Å². The molecule has 1 N–H and O–H groups in total. The van der Waals surface area contributed by atoms with Gasteiger partial charge in [0.1, 0.15) is 0 Å². The third-order valence-electron chi connectivity index (χ3n) is 0.433. The van der Waals surface area contributed by atoms with E-state index in [0.717, 1.165) is 0 Å². The number of aromatic nitrogens is 3. The van der Waals surface area contributed by atoms with Crippen molar-refractivity contribution in [2.75, 3.05) is 0 Å². The van der Waals surface area contributed by atoms with E-state index in [1.165, 1.54) is 12.4 Å². The zero-order chi connectivity index (χ0) is 4.41. The highest BCUT2D eigenvalue weighted by Crippen LogP contribution is 1.53. The molecule has 0 aromatic carbocycles. The molecule has 1 rings (SSSR count). The molecular weight excluding hydrogens is 117 g/mol. The lowest BCUT2D eigenvalue weighted by Crippen LogP contribution is -2.26. The van der Waals surface area contributed by atoms with Crippen molar-refractivity contribution in [2.24, 2.45) is 0 Å². The number of nitrogens with one attached hydrogen (secondary N) is 1. The Balaban J connectivity index is 0.000000360. The molecule has 4 nitrogen and oxygen atoms in total. The van der Waals surface area contributed by atoms with Gasteiger partial charge in [-0.25, -0.2) is 0 Å². The Hall–Kier alpha value is -0.770. The Kier molecular flexibility index (Phi) is 2.15. The summed E-state index contributed by atoms with van der Waals surface area (Å²) in [4.78, 5) is 0.444. The van der Waals surface area contributed by atoms with Crippen LogP contribution in [0, 0.1) is 5.21 Å². The number of nitrogens with zero attached hydrogens (tertiary/aromatic N) is 2. The minimum atomic E-state index is 0. The first-order valence-corrected chi connectivity index (χ1v) is 1.49. The van der Waals surface area contributed by atoms with Gasteiger partial charge in [0.05, 0.1) is 5.21 Å². The molecule has 1 aromatic heterocycles. The molecule has 0 radical (unpaired) electrons. The molecule has 5 heteroatoms. The fourth-order valence-corrected chi connectivity index (χ4v) is 0.221. The van der Waals surface area contributed by atoms with Crippen molar-refractivity contribution in [3.63, 3.8) is 0 Å². The van der Waals surface area contributed by atoms with E-state index >= 15 is 0 Å². The summed E-state index contributed by atoms with van der Waals surface area (Å²) in [6.45, 7) is 0. The van der Waals surface area contributed by atoms with Gasteiger partial charge in [-0.2, -0.15) is 5.10 Å². The minimum absolute atomic E-state index is 0. The summed E-state index contributed by atoms with van der Waals surface area (Å²) >= 11 is 0. The van der Waals surface area contributed by atoms with Crippen molar-refractivity contribution in [3.8, 4) is 0 Å². The maximum Gasteiger partial charge on any atom is 0.159 e. The summed E-state index contributed by atoms with van der Waals surface area (Å²) in [5.41, 5.74) is 0. The Bertz CT molecular complexity index is 116. The average Bonchev–Trinajstić information content (AvgIpc) is 1.86. The molecule has 1 heterocycles. The number of rotatable bonds is 0. The number of H-pyrrole nitrogens is 1. The molecule has 0 fully saturated rings. The van der Waals surface area contributed by atoms with Gasteiger partial charge in [-0.3, -0.25) is 0 Å². The van der Waals surface area contributed by atoms with Gasteiger partial charge in [-0.15, -0.1) is 17.3 Å². The lowest BCUT2D eigenvalue weighted by molar-refractivity contribution is -0.668. The number of hydrogen-bond acceptors (Lipinski definition) is 2. The summed E-state index contributed by atoms with van der Waals surface area (Å²) in [5.74, 6) is 0. The van der Waals surface area contributed by atoms with E-state index < -0.39 is 0 Å². The summed E-state index contributed by atoms with van der Waals surface area (Å²) in [5, 5.41) is 15.3. The molecule has 0 aliphatic carbocycles. The van der Waals surface area contributed by atoms with Crippen molar-refractivity contribution >= 4 is 12.4 Å². The first kappa shape index (κ1) is 6.23. The molecular formula is C2H4ClN3O. The predicted molar refractivity (Wildman–Crippen MR) is 24.8 cm³/mol. The third-order valence-corrected chi connectivity index (χ3v) is 0.433. The van der Waals surface area contributed by atoms with Gasteiger partial charge in [0.2, 0.25) is 0 Å². The van der Waals surface area contributed by atoms with Crippen LogP contribution in [0.25, 0.3) is 0 Å². The van der Waals surface area contributed by atoms with Crippen LogP contribution in [-0.4, -0.2) is 10.3 Å². The van der Waals surface area contributed by atoms with E-state index in [0.29, 0.717) is 4.85 Å². The van der Waals surface area contributed by atoms with Gasteiger partial charge < -0.3 is 5.21 Å². The van der Waals surface area contributed by atoms with E-state index in [2.05, 4.69) is 10.3 Å². The van der Waals surface area contributed by atoms with E-state index in [1.54, 1.807) is 0 Å². The van der Waals surface area contributed by atoms with Gasteiger partial charge in [0, 0.05) is 0 Å². The fourth-order valence-electron chi connectivity index (χ4n) is 0.221. The summed E-state index contributed by atoms with van der Waals surface area (Å²) in [7, 11) is 0. The van der Waals surface area contributed by atoms with Crippen LogP contribution < -0.4 is 4.85 Å². The topological polar surface area (TPSA) is 55.6 Å². The normalized spacial score (nSPS) is 7.43. The van der Waals surface area contributed by atoms with Crippen molar-refractivity contribution in [1.29, 1.82) is 0 Å². The second-order valence-corrected chi connectivity index (χ2v) is 0.847. The van der Waals surface area contributed by atoms with E-state index in [4.69, 9.17) is 0 Å². The zero-order valence-corrected chi connectivity index (χ0v) is 4.18. The maximum atomic E-state index is 9.84. The maximum absolute atomic E-state index is 9.84. The molecule has 1 aromatic rings.